The highest BCUT2D eigenvalue weighted by molar-refractivity contribution is 6.66. The lowest BCUT2D eigenvalue weighted by molar-refractivity contribution is 0.410. The first-order valence-corrected chi connectivity index (χ1v) is 8.76. The Morgan fingerprint density at radius 3 is 2.35 bits per heavy atom. The summed E-state index contributed by atoms with van der Waals surface area (Å²) in [6, 6.07) is 4.56. The van der Waals surface area contributed by atoms with E-state index in [1.54, 1.807) is 18.2 Å². The van der Waals surface area contributed by atoms with Gasteiger partial charge in [-0.1, -0.05) is 49.7 Å². The highest BCUT2D eigenvalue weighted by Crippen LogP contribution is 2.26. The van der Waals surface area contributed by atoms with Crippen LogP contribution in [0.5, 0.6) is 5.75 Å². The zero-order chi connectivity index (χ0) is 20.3. The van der Waals surface area contributed by atoms with Gasteiger partial charge in [-0.3, -0.25) is 0 Å². The van der Waals surface area contributed by atoms with Crippen molar-refractivity contribution in [2.24, 2.45) is 9.98 Å². The lowest BCUT2D eigenvalue weighted by atomic mass is 10.1. The molecule has 1 aliphatic heterocycles. The number of aliphatic imine (C=N–C) groups is 2. The fourth-order valence-electron chi connectivity index (χ4n) is 1.92. The maximum absolute atomic E-state index is 14.1. The lowest BCUT2D eigenvalue weighted by Crippen LogP contribution is -2.05. The quantitative estimate of drug-likeness (QED) is 0.539. The molecule has 1 aromatic rings. The van der Waals surface area contributed by atoms with Gasteiger partial charge in [0.1, 0.15) is 16.7 Å². The number of rotatable bonds is 3. The van der Waals surface area contributed by atoms with Crippen molar-refractivity contribution in [3.8, 4) is 5.75 Å². The molecule has 2 rings (SSSR count). The molecule has 1 aliphatic rings. The number of amidine groups is 1. The molecule has 0 aliphatic carbocycles. The fraction of sp³-hybridized carbons (Fsp3) is 0.333. The summed E-state index contributed by atoms with van der Waals surface area (Å²) in [4.78, 5) is 8.54. The van der Waals surface area contributed by atoms with E-state index in [9.17, 15) is 4.39 Å². The Hall–Kier alpha value is -2.20. The van der Waals surface area contributed by atoms with Crippen LogP contribution in [0.15, 0.2) is 64.3 Å². The first-order valence-electron chi connectivity index (χ1n) is 8.39. The topological polar surface area (TPSA) is 34.0 Å². The van der Waals surface area contributed by atoms with E-state index in [-0.39, 0.29) is 11.4 Å². The van der Waals surface area contributed by atoms with E-state index in [0.29, 0.717) is 23.0 Å². The molecule has 26 heavy (non-hydrogen) atoms. The molecule has 0 bridgehead atoms. The van der Waals surface area contributed by atoms with Gasteiger partial charge in [-0.05, 0) is 38.5 Å². The highest BCUT2D eigenvalue weighted by Gasteiger charge is 2.18. The number of halogens is 2. The number of benzene rings is 1. The van der Waals surface area contributed by atoms with E-state index < -0.39 is 5.82 Å². The molecule has 142 valence electrons. The van der Waals surface area contributed by atoms with E-state index in [0.717, 1.165) is 5.57 Å². The summed E-state index contributed by atoms with van der Waals surface area (Å²) >= 11 is 6.08. The number of ether oxygens (including phenoxy) is 1. The van der Waals surface area contributed by atoms with Crippen molar-refractivity contribution >= 4 is 22.6 Å². The first kappa shape index (κ1) is 23.8. The molecule has 0 unspecified atom stereocenters. The molecule has 0 amide bonds. The Labute approximate surface area is 161 Å². The van der Waals surface area contributed by atoms with Crippen LogP contribution in [0.3, 0.4) is 0 Å². The SMILES string of the molecule is C=C(C)C.C=CC1=C(C)N=C(c2c(F)cccc2OC)N=C(Cl)C1.CC. The van der Waals surface area contributed by atoms with Crippen LogP contribution >= 0.6 is 11.6 Å². The molecule has 0 atom stereocenters. The monoisotopic (exact) mass is 378 g/mol. The van der Waals surface area contributed by atoms with Crippen LogP contribution in [0.4, 0.5) is 4.39 Å². The minimum atomic E-state index is -0.453. The van der Waals surface area contributed by atoms with Gasteiger partial charge in [0, 0.05) is 12.1 Å². The van der Waals surface area contributed by atoms with Gasteiger partial charge < -0.3 is 4.74 Å². The highest BCUT2D eigenvalue weighted by atomic mass is 35.5. The summed E-state index contributed by atoms with van der Waals surface area (Å²) in [6.45, 7) is 17.0. The van der Waals surface area contributed by atoms with E-state index in [1.807, 2.05) is 34.6 Å². The Morgan fingerprint density at radius 1 is 1.27 bits per heavy atom. The van der Waals surface area contributed by atoms with Crippen molar-refractivity contribution < 1.29 is 9.13 Å². The van der Waals surface area contributed by atoms with Crippen LogP contribution in [-0.2, 0) is 0 Å². The zero-order valence-corrected chi connectivity index (χ0v) is 17.2. The molecule has 1 aromatic carbocycles. The molecule has 0 N–H and O–H groups in total. The van der Waals surface area contributed by atoms with Crippen LogP contribution in [0.2, 0.25) is 0 Å². The second-order valence-electron chi connectivity index (χ2n) is 5.44. The molecule has 0 spiro atoms. The summed E-state index contributed by atoms with van der Waals surface area (Å²) in [7, 11) is 1.47. The predicted octanol–water partition coefficient (Wildman–Crippen LogP) is 6.69. The molecule has 0 fully saturated rings. The van der Waals surface area contributed by atoms with Gasteiger partial charge in [0.05, 0.1) is 12.7 Å². The second kappa shape index (κ2) is 12.2. The summed E-state index contributed by atoms with van der Waals surface area (Å²) < 4.78 is 19.3. The number of methoxy groups -OCH3 is 1. The summed E-state index contributed by atoms with van der Waals surface area (Å²) in [5.41, 5.74) is 2.95. The molecule has 0 aromatic heterocycles. The van der Waals surface area contributed by atoms with Gasteiger partial charge in [-0.15, -0.1) is 6.58 Å². The third-order valence-corrected chi connectivity index (χ3v) is 3.19. The van der Waals surface area contributed by atoms with Crippen LogP contribution in [0, 0.1) is 5.82 Å². The molecule has 0 radical (unpaired) electrons. The van der Waals surface area contributed by atoms with Crippen molar-refractivity contribution in [2.45, 2.75) is 41.0 Å². The number of hydrogen-bond acceptors (Lipinski definition) is 3. The van der Waals surface area contributed by atoms with E-state index >= 15 is 0 Å². The summed E-state index contributed by atoms with van der Waals surface area (Å²) in [6.07, 6.45) is 2.11. The van der Waals surface area contributed by atoms with Gasteiger partial charge in [0.25, 0.3) is 0 Å². The van der Waals surface area contributed by atoms with E-state index in [2.05, 4.69) is 23.1 Å². The fourth-order valence-corrected chi connectivity index (χ4v) is 2.14. The van der Waals surface area contributed by atoms with Crippen molar-refractivity contribution in [2.75, 3.05) is 7.11 Å². The normalized spacial score (nSPS) is 13.1. The summed E-state index contributed by atoms with van der Waals surface area (Å²) in [5.74, 6) is 0.122. The van der Waals surface area contributed by atoms with Crippen LogP contribution < -0.4 is 4.74 Å². The molecular weight excluding hydrogens is 351 g/mol. The van der Waals surface area contributed by atoms with E-state index in [4.69, 9.17) is 16.3 Å². The first-order chi connectivity index (χ1) is 12.3. The van der Waals surface area contributed by atoms with Gasteiger partial charge >= 0.3 is 0 Å². The maximum atomic E-state index is 14.1. The van der Waals surface area contributed by atoms with Crippen LogP contribution in [-0.4, -0.2) is 18.1 Å². The van der Waals surface area contributed by atoms with E-state index in [1.165, 1.54) is 18.7 Å². The molecule has 1 heterocycles. The Bertz CT molecular complexity index is 730. The lowest BCUT2D eigenvalue weighted by Gasteiger charge is -2.08. The minimum Gasteiger partial charge on any atom is -0.496 e. The molecule has 5 heteroatoms. The Morgan fingerprint density at radius 2 is 1.85 bits per heavy atom. The smallest absolute Gasteiger partial charge is 0.167 e. The maximum Gasteiger partial charge on any atom is 0.167 e. The number of hydrogen-bond donors (Lipinski definition) is 0. The average Bonchev–Trinajstić information content (AvgIpc) is 2.73. The van der Waals surface area contributed by atoms with Crippen LogP contribution in [0.1, 0.15) is 46.6 Å². The Balaban J connectivity index is 0.000000920. The standard InChI is InChI=1S/C15H14ClFN2O.C4H8.C2H6/c1-4-10-8-13(16)19-15(18-9(10)2)14-11(17)6-5-7-12(14)20-3;1-4(2)3;1-2/h4-7H,1,8H2,2-3H3;1H2,2-3H3;1-2H3. The number of allylic oxidation sites excluding steroid dienone is 4. The van der Waals surface area contributed by atoms with Crippen molar-refractivity contribution in [1.82, 2.24) is 0 Å². The number of nitrogens with zero attached hydrogens (tertiary/aromatic N) is 2. The molecule has 0 saturated carbocycles. The van der Waals surface area contributed by atoms with Crippen molar-refractivity contribution in [1.29, 1.82) is 0 Å². The minimum absolute atomic E-state index is 0.206. The largest absolute Gasteiger partial charge is 0.496 e. The van der Waals surface area contributed by atoms with Gasteiger partial charge in [-0.25, -0.2) is 14.4 Å². The van der Waals surface area contributed by atoms with Gasteiger partial charge in [0.15, 0.2) is 5.84 Å². The van der Waals surface area contributed by atoms with Crippen molar-refractivity contribution in [3.63, 3.8) is 0 Å². The zero-order valence-electron chi connectivity index (χ0n) is 16.5. The summed E-state index contributed by atoms with van der Waals surface area (Å²) in [5, 5.41) is 0.334. The molecule has 3 nitrogen and oxygen atoms in total. The average molecular weight is 379 g/mol. The molecule has 0 saturated heterocycles. The Kier molecular flexibility index (Phi) is 11.2. The third-order valence-electron chi connectivity index (χ3n) is 2.97. The van der Waals surface area contributed by atoms with Crippen molar-refractivity contribution in [3.05, 3.63) is 65.7 Å². The second-order valence-corrected chi connectivity index (χ2v) is 5.88. The van der Waals surface area contributed by atoms with Gasteiger partial charge in [-0.2, -0.15) is 0 Å². The van der Waals surface area contributed by atoms with Crippen LogP contribution in [0.25, 0.3) is 0 Å². The van der Waals surface area contributed by atoms with Gasteiger partial charge in [0.2, 0.25) is 0 Å². The molecular formula is C21H28ClFN2O. The third kappa shape index (κ3) is 7.36. The predicted molar refractivity (Wildman–Crippen MR) is 112 cm³/mol.